The van der Waals surface area contributed by atoms with Gasteiger partial charge >= 0.3 is 0 Å². The molecule has 7 heteroatoms. The van der Waals surface area contributed by atoms with Gasteiger partial charge in [-0.3, -0.25) is 9.59 Å². The van der Waals surface area contributed by atoms with Crippen LogP contribution in [0.1, 0.15) is 40.7 Å². The number of nitrogens with zero attached hydrogens (tertiary/aromatic N) is 1. The predicted octanol–water partition coefficient (Wildman–Crippen LogP) is 2.76. The number of carbonyl (C=O) groups excluding carboxylic acids is 2. The van der Waals surface area contributed by atoms with Crippen LogP contribution in [0.5, 0.6) is 5.75 Å². The summed E-state index contributed by atoms with van der Waals surface area (Å²) >= 11 is 0. The van der Waals surface area contributed by atoms with Gasteiger partial charge in [0.1, 0.15) is 17.9 Å². The molecule has 2 N–H and O–H groups in total. The number of hydrogen-bond acceptors (Lipinski definition) is 5. The van der Waals surface area contributed by atoms with Crippen molar-refractivity contribution in [2.75, 3.05) is 13.2 Å². The first kappa shape index (κ1) is 21.7. The van der Waals surface area contributed by atoms with Crippen molar-refractivity contribution >= 4 is 11.8 Å². The van der Waals surface area contributed by atoms with Crippen LogP contribution in [-0.2, 0) is 22.6 Å². The van der Waals surface area contributed by atoms with E-state index in [-0.39, 0.29) is 24.0 Å². The lowest BCUT2D eigenvalue weighted by molar-refractivity contribution is -0.126. The van der Waals surface area contributed by atoms with Gasteiger partial charge in [-0.1, -0.05) is 36.9 Å². The highest BCUT2D eigenvalue weighted by molar-refractivity contribution is 6.01. The lowest BCUT2D eigenvalue weighted by Crippen LogP contribution is -2.49. The Balaban J connectivity index is 1.25. The first-order valence-corrected chi connectivity index (χ1v) is 11.5. The predicted molar refractivity (Wildman–Crippen MR) is 124 cm³/mol. The zero-order valence-electron chi connectivity index (χ0n) is 18.6. The molecule has 0 saturated carbocycles. The van der Waals surface area contributed by atoms with Crippen molar-refractivity contribution in [3.8, 4) is 5.75 Å². The third-order valence-electron chi connectivity index (χ3n) is 6.60. The fraction of sp³-hybridized carbons (Fsp3) is 0.385. The number of hydrogen-bond donors (Lipinski definition) is 2. The largest absolute Gasteiger partial charge is 0.489 e. The summed E-state index contributed by atoms with van der Waals surface area (Å²) in [4.78, 5) is 27.0. The molecule has 3 heterocycles. The van der Waals surface area contributed by atoms with Gasteiger partial charge in [-0.2, -0.15) is 0 Å². The first-order valence-electron chi connectivity index (χ1n) is 11.5. The fourth-order valence-corrected chi connectivity index (χ4v) is 4.77. The maximum absolute atomic E-state index is 13.0. The van der Waals surface area contributed by atoms with Crippen LogP contribution >= 0.6 is 0 Å². The van der Waals surface area contributed by atoms with Crippen molar-refractivity contribution in [2.45, 2.75) is 50.5 Å². The molecule has 0 bridgehead atoms. The van der Waals surface area contributed by atoms with Crippen LogP contribution in [0.15, 0.2) is 60.8 Å². The van der Waals surface area contributed by atoms with Crippen molar-refractivity contribution in [3.05, 3.63) is 77.5 Å². The maximum Gasteiger partial charge on any atom is 0.255 e. The van der Waals surface area contributed by atoms with Crippen LogP contribution in [0.3, 0.4) is 0 Å². The number of benzene rings is 2. The van der Waals surface area contributed by atoms with Gasteiger partial charge in [-0.15, -0.1) is 0 Å². The summed E-state index contributed by atoms with van der Waals surface area (Å²) in [6, 6.07) is 15.5. The summed E-state index contributed by atoms with van der Waals surface area (Å²) < 4.78 is 12.1. The van der Waals surface area contributed by atoms with Crippen LogP contribution in [0.25, 0.3) is 0 Å². The highest BCUT2D eigenvalue weighted by atomic mass is 16.5. The molecular formula is C26H29N3O4. The minimum absolute atomic E-state index is 0.0242. The van der Waals surface area contributed by atoms with Gasteiger partial charge < -0.3 is 25.0 Å². The molecule has 0 spiro atoms. The summed E-state index contributed by atoms with van der Waals surface area (Å²) in [5.41, 5.74) is 3.47. The smallest absolute Gasteiger partial charge is 0.255 e. The number of carbonyl (C=O) groups is 2. The number of rotatable bonds is 6. The average molecular weight is 448 g/mol. The molecule has 0 aliphatic carbocycles. The molecule has 1 unspecified atom stereocenters. The molecule has 7 nitrogen and oxygen atoms in total. The van der Waals surface area contributed by atoms with Crippen LogP contribution in [-0.4, -0.2) is 48.1 Å². The Kier molecular flexibility index (Phi) is 6.15. The molecule has 5 rings (SSSR count). The third kappa shape index (κ3) is 4.65. The number of fused-ring (bicyclic) bond motifs is 1. The number of nitrogens with one attached hydrogen (secondary N) is 2. The van der Waals surface area contributed by atoms with Gasteiger partial charge in [0.25, 0.3) is 5.91 Å². The molecule has 2 saturated heterocycles. The Bertz CT molecular complexity index is 1050. The second-order valence-corrected chi connectivity index (χ2v) is 8.89. The lowest BCUT2D eigenvalue weighted by Gasteiger charge is -2.32. The molecule has 0 aromatic heterocycles. The standard InChI is InChI=1S/C26H29N3O4/c1-17-7-10-23(25(30)28-17)29-15-19-13-20(8-9-21(19)26(29)31)33-24-11-12-32-16-22(24)27-14-18-5-3-2-4-6-18/h2-6,8-9,13,22-24,27H,1,7,10-12,14-16H2,(H,28,30)/t22-,23?,24+/m1/s1. The summed E-state index contributed by atoms with van der Waals surface area (Å²) in [6.45, 7) is 6.24. The Morgan fingerprint density at radius 2 is 2.00 bits per heavy atom. The van der Waals surface area contributed by atoms with E-state index in [1.807, 2.05) is 36.4 Å². The maximum atomic E-state index is 13.0. The Labute approximate surface area is 193 Å². The quantitative estimate of drug-likeness (QED) is 0.712. The van der Waals surface area contributed by atoms with E-state index in [9.17, 15) is 9.59 Å². The van der Waals surface area contributed by atoms with Gasteiger partial charge in [0.15, 0.2) is 0 Å². The SMILES string of the molecule is C=C1CCC(N2Cc3cc(O[C@H]4CCOC[C@H]4NCc4ccccc4)ccc3C2=O)C(=O)N1. The van der Waals surface area contributed by atoms with Gasteiger partial charge in [-0.25, -0.2) is 0 Å². The molecular weight excluding hydrogens is 418 g/mol. The number of allylic oxidation sites excluding steroid dienone is 1. The molecule has 3 aliphatic heterocycles. The summed E-state index contributed by atoms with van der Waals surface area (Å²) in [7, 11) is 0. The van der Waals surface area contributed by atoms with Crippen LogP contribution in [0, 0.1) is 0 Å². The van der Waals surface area contributed by atoms with Crippen molar-refractivity contribution in [1.29, 1.82) is 0 Å². The molecule has 0 radical (unpaired) electrons. The number of ether oxygens (including phenoxy) is 2. The molecule has 2 aromatic rings. The van der Waals surface area contributed by atoms with E-state index in [0.29, 0.717) is 43.9 Å². The molecule has 3 aliphatic rings. The Hall–Kier alpha value is -3.16. The van der Waals surface area contributed by atoms with Gasteiger partial charge in [0.05, 0.1) is 19.3 Å². The minimum atomic E-state index is -0.457. The van der Waals surface area contributed by atoms with E-state index in [0.717, 1.165) is 24.3 Å². The zero-order chi connectivity index (χ0) is 22.8. The topological polar surface area (TPSA) is 79.9 Å². The van der Waals surface area contributed by atoms with Crippen molar-refractivity contribution < 1.29 is 19.1 Å². The van der Waals surface area contributed by atoms with Crippen LogP contribution in [0.2, 0.25) is 0 Å². The molecule has 2 amide bonds. The van der Waals surface area contributed by atoms with E-state index in [1.54, 1.807) is 4.90 Å². The van der Waals surface area contributed by atoms with E-state index in [2.05, 4.69) is 29.3 Å². The number of piperidine rings is 1. The van der Waals surface area contributed by atoms with Crippen molar-refractivity contribution in [3.63, 3.8) is 0 Å². The zero-order valence-corrected chi connectivity index (χ0v) is 18.6. The van der Waals surface area contributed by atoms with Gasteiger partial charge in [0, 0.05) is 30.8 Å². The van der Waals surface area contributed by atoms with Crippen LogP contribution in [0.4, 0.5) is 0 Å². The van der Waals surface area contributed by atoms with Crippen molar-refractivity contribution in [2.24, 2.45) is 0 Å². The normalized spacial score (nSPS) is 25.0. The summed E-state index contributed by atoms with van der Waals surface area (Å²) in [5.74, 6) is 0.486. The molecule has 2 aromatic carbocycles. The lowest BCUT2D eigenvalue weighted by atomic mass is 10.0. The highest BCUT2D eigenvalue weighted by Crippen LogP contribution is 2.31. The average Bonchev–Trinajstić information content (AvgIpc) is 3.14. The van der Waals surface area contributed by atoms with E-state index in [1.165, 1.54) is 5.56 Å². The molecule has 33 heavy (non-hydrogen) atoms. The van der Waals surface area contributed by atoms with Gasteiger partial charge in [-0.05, 0) is 42.2 Å². The molecule has 172 valence electrons. The fourth-order valence-electron chi connectivity index (χ4n) is 4.77. The summed E-state index contributed by atoms with van der Waals surface area (Å²) in [6.07, 6.45) is 2.06. The van der Waals surface area contributed by atoms with Gasteiger partial charge in [0.2, 0.25) is 5.91 Å². The minimum Gasteiger partial charge on any atom is -0.489 e. The highest BCUT2D eigenvalue weighted by Gasteiger charge is 2.38. The second kappa shape index (κ2) is 9.37. The van der Waals surface area contributed by atoms with E-state index < -0.39 is 6.04 Å². The molecule has 3 atom stereocenters. The molecule has 2 fully saturated rings. The van der Waals surface area contributed by atoms with E-state index in [4.69, 9.17) is 9.47 Å². The number of amides is 2. The Morgan fingerprint density at radius 3 is 2.82 bits per heavy atom. The second-order valence-electron chi connectivity index (χ2n) is 8.89. The monoisotopic (exact) mass is 447 g/mol. The van der Waals surface area contributed by atoms with E-state index >= 15 is 0 Å². The van der Waals surface area contributed by atoms with Crippen LogP contribution < -0.4 is 15.4 Å². The van der Waals surface area contributed by atoms with Crippen molar-refractivity contribution in [1.82, 2.24) is 15.5 Å². The third-order valence-corrected chi connectivity index (χ3v) is 6.60. The Morgan fingerprint density at radius 1 is 1.15 bits per heavy atom. The first-order chi connectivity index (χ1) is 16.1. The summed E-state index contributed by atoms with van der Waals surface area (Å²) in [5, 5.41) is 6.34.